The zero-order valence-electron chi connectivity index (χ0n) is 16.0. The third-order valence-electron chi connectivity index (χ3n) is 5.64. The van der Waals surface area contributed by atoms with Crippen molar-refractivity contribution in [2.45, 2.75) is 18.9 Å². The van der Waals surface area contributed by atoms with Gasteiger partial charge in [0, 0.05) is 50.5 Å². The normalized spacial score (nSPS) is 20.1. The number of benzene rings is 2. The molecule has 0 bridgehead atoms. The van der Waals surface area contributed by atoms with Gasteiger partial charge in [-0.15, -0.1) is 0 Å². The van der Waals surface area contributed by atoms with E-state index in [-0.39, 0.29) is 5.91 Å². The summed E-state index contributed by atoms with van der Waals surface area (Å²) in [7, 11) is 0. The Labute approximate surface area is 166 Å². The maximum Gasteiger partial charge on any atom is 0.254 e. The Bertz CT molecular complexity index is 875. The van der Waals surface area contributed by atoms with Gasteiger partial charge in [0.15, 0.2) is 0 Å². The summed E-state index contributed by atoms with van der Waals surface area (Å²) in [6.45, 7) is 5.04. The summed E-state index contributed by atoms with van der Waals surface area (Å²) in [6.07, 6.45) is 2.65. The van der Waals surface area contributed by atoms with Gasteiger partial charge in [-0.05, 0) is 30.5 Å². The van der Waals surface area contributed by atoms with Crippen LogP contribution in [0, 0.1) is 11.3 Å². The van der Waals surface area contributed by atoms with Crippen molar-refractivity contribution in [3.05, 3.63) is 59.7 Å². The molecular weight excluding hydrogens is 350 g/mol. The number of hydrogen-bond acceptors (Lipinski definition) is 4. The van der Waals surface area contributed by atoms with Crippen LogP contribution in [0.15, 0.2) is 48.5 Å². The van der Waals surface area contributed by atoms with Crippen LogP contribution in [0.5, 0.6) is 0 Å². The van der Waals surface area contributed by atoms with Crippen molar-refractivity contribution in [1.82, 2.24) is 9.80 Å². The first kappa shape index (κ1) is 18.7. The van der Waals surface area contributed by atoms with Crippen molar-refractivity contribution >= 4 is 5.91 Å². The van der Waals surface area contributed by atoms with Gasteiger partial charge in [-0.3, -0.25) is 9.69 Å². The van der Waals surface area contributed by atoms with Crippen LogP contribution >= 0.6 is 0 Å². The molecule has 144 valence electrons. The Morgan fingerprint density at radius 3 is 2.46 bits per heavy atom. The topological polar surface area (TPSA) is 56.6 Å². The molecule has 2 fully saturated rings. The summed E-state index contributed by atoms with van der Waals surface area (Å²) in [5.41, 5.74) is 2.89. The number of carbonyl (C=O) groups is 1. The second-order valence-corrected chi connectivity index (χ2v) is 7.43. The van der Waals surface area contributed by atoms with Gasteiger partial charge in [0.1, 0.15) is 0 Å². The van der Waals surface area contributed by atoms with E-state index in [1.54, 1.807) is 6.07 Å². The minimum atomic E-state index is 0.0418. The van der Waals surface area contributed by atoms with Gasteiger partial charge in [-0.2, -0.15) is 5.26 Å². The summed E-state index contributed by atoms with van der Waals surface area (Å²) in [5, 5.41) is 9.44. The summed E-state index contributed by atoms with van der Waals surface area (Å²) >= 11 is 0. The van der Waals surface area contributed by atoms with Crippen molar-refractivity contribution < 1.29 is 9.53 Å². The number of hydrogen-bond donors (Lipinski definition) is 0. The van der Waals surface area contributed by atoms with E-state index in [1.165, 1.54) is 0 Å². The van der Waals surface area contributed by atoms with Crippen molar-refractivity contribution in [2.75, 3.05) is 39.3 Å². The molecule has 5 heteroatoms. The van der Waals surface area contributed by atoms with Crippen LogP contribution < -0.4 is 0 Å². The largest absolute Gasteiger partial charge is 0.377 e. The molecule has 2 aliphatic rings. The molecule has 1 unspecified atom stereocenters. The van der Waals surface area contributed by atoms with E-state index in [0.717, 1.165) is 63.3 Å². The Kier molecular flexibility index (Phi) is 5.70. The third kappa shape index (κ3) is 3.94. The van der Waals surface area contributed by atoms with Crippen molar-refractivity contribution in [2.24, 2.45) is 0 Å². The molecule has 2 saturated heterocycles. The molecule has 5 nitrogen and oxygen atoms in total. The maximum absolute atomic E-state index is 13.2. The zero-order valence-corrected chi connectivity index (χ0v) is 16.0. The van der Waals surface area contributed by atoms with Crippen molar-refractivity contribution in [1.29, 1.82) is 5.26 Å². The molecule has 2 aliphatic heterocycles. The van der Waals surface area contributed by atoms with E-state index >= 15 is 0 Å². The smallest absolute Gasteiger partial charge is 0.254 e. The average molecular weight is 375 g/mol. The first-order valence-electron chi connectivity index (χ1n) is 9.98. The van der Waals surface area contributed by atoms with E-state index in [0.29, 0.717) is 17.2 Å². The molecule has 0 aliphatic carbocycles. The summed E-state index contributed by atoms with van der Waals surface area (Å²) in [6, 6.07) is 17.3. The zero-order chi connectivity index (χ0) is 19.3. The summed E-state index contributed by atoms with van der Waals surface area (Å²) in [5.74, 6) is 0.0418. The molecule has 28 heavy (non-hydrogen) atoms. The molecule has 2 aromatic rings. The lowest BCUT2D eigenvalue weighted by Gasteiger charge is -2.36. The van der Waals surface area contributed by atoms with Gasteiger partial charge in [-0.1, -0.05) is 36.4 Å². The highest BCUT2D eigenvalue weighted by Crippen LogP contribution is 2.28. The average Bonchev–Trinajstić information content (AvgIpc) is 3.27. The highest BCUT2D eigenvalue weighted by atomic mass is 16.5. The predicted octanol–water partition coefficient (Wildman–Crippen LogP) is 3.16. The van der Waals surface area contributed by atoms with Gasteiger partial charge in [0.2, 0.25) is 0 Å². The molecule has 2 aromatic carbocycles. The lowest BCUT2D eigenvalue weighted by molar-refractivity contribution is 0.0433. The summed E-state index contributed by atoms with van der Waals surface area (Å²) in [4.78, 5) is 17.6. The third-order valence-corrected chi connectivity index (χ3v) is 5.64. The van der Waals surface area contributed by atoms with Gasteiger partial charge >= 0.3 is 0 Å². The number of ether oxygens (including phenoxy) is 1. The molecule has 0 saturated carbocycles. The number of piperazine rings is 1. The second-order valence-electron chi connectivity index (χ2n) is 7.43. The lowest BCUT2D eigenvalue weighted by Crippen LogP contribution is -2.50. The molecule has 4 rings (SSSR count). The van der Waals surface area contributed by atoms with Gasteiger partial charge in [-0.25, -0.2) is 0 Å². The number of amides is 1. The van der Waals surface area contributed by atoms with E-state index < -0.39 is 0 Å². The number of nitrogens with zero attached hydrogens (tertiary/aromatic N) is 3. The fraction of sp³-hybridized carbons (Fsp3) is 0.391. The summed E-state index contributed by atoms with van der Waals surface area (Å²) < 4.78 is 5.74. The second kappa shape index (κ2) is 8.55. The molecule has 0 radical (unpaired) electrons. The van der Waals surface area contributed by atoms with E-state index in [2.05, 4.69) is 11.0 Å². The quantitative estimate of drug-likeness (QED) is 0.824. The molecule has 2 heterocycles. The first-order valence-corrected chi connectivity index (χ1v) is 9.98. The Hall–Kier alpha value is -2.68. The molecule has 1 atom stereocenters. The predicted molar refractivity (Wildman–Crippen MR) is 108 cm³/mol. The van der Waals surface area contributed by atoms with Crippen molar-refractivity contribution in [3.63, 3.8) is 0 Å². The monoisotopic (exact) mass is 375 g/mol. The molecule has 1 amide bonds. The van der Waals surface area contributed by atoms with Crippen molar-refractivity contribution in [3.8, 4) is 17.2 Å². The van der Waals surface area contributed by atoms with Crippen LogP contribution in [-0.4, -0.2) is 61.1 Å². The highest BCUT2D eigenvalue weighted by Gasteiger charge is 2.26. The van der Waals surface area contributed by atoms with Crippen LogP contribution in [0.1, 0.15) is 28.8 Å². The maximum atomic E-state index is 13.2. The molecule has 0 aromatic heterocycles. The molecule has 0 N–H and O–H groups in total. The molecule has 0 spiro atoms. The minimum absolute atomic E-state index is 0.0418. The van der Waals surface area contributed by atoms with Crippen LogP contribution in [0.25, 0.3) is 11.1 Å². The van der Waals surface area contributed by atoms with Gasteiger partial charge in [0.25, 0.3) is 5.91 Å². The lowest BCUT2D eigenvalue weighted by atomic mass is 9.95. The van der Waals surface area contributed by atoms with Crippen LogP contribution in [0.2, 0.25) is 0 Å². The number of rotatable bonds is 4. The van der Waals surface area contributed by atoms with E-state index in [9.17, 15) is 10.1 Å². The Balaban J connectivity index is 1.48. The highest BCUT2D eigenvalue weighted by molar-refractivity contribution is 6.01. The van der Waals surface area contributed by atoms with Crippen LogP contribution in [-0.2, 0) is 4.74 Å². The van der Waals surface area contributed by atoms with Crippen LogP contribution in [0.3, 0.4) is 0 Å². The van der Waals surface area contributed by atoms with Crippen LogP contribution in [0.4, 0.5) is 0 Å². The van der Waals surface area contributed by atoms with Gasteiger partial charge < -0.3 is 9.64 Å². The number of nitriles is 1. The fourth-order valence-electron chi connectivity index (χ4n) is 4.10. The minimum Gasteiger partial charge on any atom is -0.377 e. The SMILES string of the molecule is N#Cc1ccccc1-c1ccccc1C(=O)N1CCN(CC2CCCO2)CC1. The number of carbonyl (C=O) groups excluding carboxylic acids is 1. The first-order chi connectivity index (χ1) is 13.8. The fourth-order valence-corrected chi connectivity index (χ4v) is 4.10. The standard InChI is InChI=1S/C23H25N3O2/c24-16-18-6-1-2-8-20(18)21-9-3-4-10-22(21)23(27)26-13-11-25(12-14-26)17-19-7-5-15-28-19/h1-4,6,8-10,19H,5,7,11-15,17H2. The Morgan fingerprint density at radius 1 is 1.04 bits per heavy atom. The van der Waals surface area contributed by atoms with Gasteiger partial charge in [0.05, 0.1) is 17.7 Å². The Morgan fingerprint density at radius 2 is 1.75 bits per heavy atom. The molecular formula is C23H25N3O2. The van der Waals surface area contributed by atoms with E-state index in [1.807, 2.05) is 47.4 Å². The van der Waals surface area contributed by atoms with E-state index in [4.69, 9.17) is 4.74 Å².